The van der Waals surface area contributed by atoms with Gasteiger partial charge in [0.1, 0.15) is 6.04 Å². The lowest BCUT2D eigenvalue weighted by Crippen LogP contribution is -2.46. The quantitative estimate of drug-likeness (QED) is 0.825. The number of thiophene rings is 1. The molecule has 0 radical (unpaired) electrons. The van der Waals surface area contributed by atoms with E-state index in [4.69, 9.17) is 11.6 Å². The van der Waals surface area contributed by atoms with Crippen LogP contribution in [0, 0.1) is 6.92 Å². The zero-order valence-corrected chi connectivity index (χ0v) is 10.4. The van der Waals surface area contributed by atoms with E-state index in [2.05, 4.69) is 0 Å². The van der Waals surface area contributed by atoms with E-state index in [0.29, 0.717) is 16.9 Å². The molecule has 0 saturated heterocycles. The SMILES string of the molecule is CNC(c1cc(C)c(Cl)s1)C(F)(F)C(F)(F)F. The van der Waals surface area contributed by atoms with Crippen molar-refractivity contribution in [1.29, 1.82) is 0 Å². The molecule has 8 heteroatoms. The van der Waals surface area contributed by atoms with E-state index in [1.807, 2.05) is 5.32 Å². The molecule has 1 N–H and O–H groups in total. The summed E-state index contributed by atoms with van der Waals surface area (Å²) < 4.78 is 63.3. The fourth-order valence-corrected chi connectivity index (χ4v) is 2.66. The lowest BCUT2D eigenvalue weighted by molar-refractivity contribution is -0.293. The average Bonchev–Trinajstić information content (AvgIpc) is 2.45. The van der Waals surface area contributed by atoms with Gasteiger partial charge in [0.05, 0.1) is 4.34 Å². The summed E-state index contributed by atoms with van der Waals surface area (Å²) in [5.41, 5.74) is 0.477. The summed E-state index contributed by atoms with van der Waals surface area (Å²) >= 11 is 6.37. The summed E-state index contributed by atoms with van der Waals surface area (Å²) in [6, 6.07) is -0.896. The summed E-state index contributed by atoms with van der Waals surface area (Å²) in [7, 11) is 1.05. The Morgan fingerprint density at radius 3 is 2.12 bits per heavy atom. The largest absolute Gasteiger partial charge is 0.455 e. The molecule has 0 aliphatic carbocycles. The Bertz CT molecular complexity index is 381. The van der Waals surface area contributed by atoms with E-state index in [-0.39, 0.29) is 9.21 Å². The van der Waals surface area contributed by atoms with Crippen molar-refractivity contribution in [2.75, 3.05) is 7.05 Å². The summed E-state index contributed by atoms with van der Waals surface area (Å²) in [5.74, 6) is -4.84. The van der Waals surface area contributed by atoms with Crippen LogP contribution in [0.15, 0.2) is 6.07 Å². The first-order valence-electron chi connectivity index (χ1n) is 4.49. The second-order valence-corrected chi connectivity index (χ2v) is 5.13. The summed E-state index contributed by atoms with van der Waals surface area (Å²) in [6.07, 6.45) is -5.61. The lowest BCUT2D eigenvalue weighted by atomic mass is 10.1. The summed E-state index contributed by atoms with van der Waals surface area (Å²) in [6.45, 7) is 1.54. The molecule has 1 nitrogen and oxygen atoms in total. The topological polar surface area (TPSA) is 12.0 Å². The molecule has 0 saturated carbocycles. The van der Waals surface area contributed by atoms with Gasteiger partial charge in [-0.15, -0.1) is 11.3 Å². The van der Waals surface area contributed by atoms with Gasteiger partial charge in [0, 0.05) is 4.88 Å². The molecule has 1 aromatic heterocycles. The van der Waals surface area contributed by atoms with Crippen LogP contribution in [-0.4, -0.2) is 19.1 Å². The molecular weight excluding hydrogens is 285 g/mol. The highest BCUT2D eigenvalue weighted by Gasteiger charge is 2.62. The molecule has 0 amide bonds. The number of rotatable bonds is 3. The minimum atomic E-state index is -5.61. The standard InChI is InChI=1S/C9H9ClF5NS/c1-4-3-5(17-7(4)10)6(16-2)8(11,12)9(13,14)15/h3,6,16H,1-2H3. The molecule has 17 heavy (non-hydrogen) atoms. The van der Waals surface area contributed by atoms with E-state index in [1.54, 1.807) is 6.92 Å². The average molecular weight is 294 g/mol. The highest BCUT2D eigenvalue weighted by molar-refractivity contribution is 7.16. The van der Waals surface area contributed by atoms with Crippen LogP contribution in [0.4, 0.5) is 22.0 Å². The van der Waals surface area contributed by atoms with E-state index < -0.39 is 18.1 Å². The van der Waals surface area contributed by atoms with Crippen LogP contribution in [-0.2, 0) is 0 Å². The number of hydrogen-bond donors (Lipinski definition) is 1. The van der Waals surface area contributed by atoms with Crippen LogP contribution in [0.2, 0.25) is 4.34 Å². The van der Waals surface area contributed by atoms with Crippen LogP contribution in [0.25, 0.3) is 0 Å². The maximum Gasteiger partial charge on any atom is 0.455 e. The maximum atomic E-state index is 13.2. The lowest BCUT2D eigenvalue weighted by Gasteiger charge is -2.27. The molecule has 1 aromatic rings. The number of alkyl halides is 5. The Kier molecular flexibility index (Phi) is 4.05. The maximum absolute atomic E-state index is 13.2. The van der Waals surface area contributed by atoms with Crippen molar-refractivity contribution < 1.29 is 22.0 Å². The van der Waals surface area contributed by atoms with Crippen molar-refractivity contribution in [3.63, 3.8) is 0 Å². The fourth-order valence-electron chi connectivity index (χ4n) is 1.29. The Balaban J connectivity index is 3.16. The second kappa shape index (κ2) is 4.70. The molecule has 1 heterocycles. The second-order valence-electron chi connectivity index (χ2n) is 3.45. The molecule has 0 spiro atoms. The van der Waals surface area contributed by atoms with Gasteiger partial charge in [-0.3, -0.25) is 0 Å². The Labute approximate surface area is 104 Å². The number of nitrogens with one attached hydrogen (secondary N) is 1. The van der Waals surface area contributed by atoms with Gasteiger partial charge in [-0.05, 0) is 25.6 Å². The highest BCUT2D eigenvalue weighted by atomic mass is 35.5. The van der Waals surface area contributed by atoms with Gasteiger partial charge < -0.3 is 5.32 Å². The van der Waals surface area contributed by atoms with E-state index >= 15 is 0 Å². The van der Waals surface area contributed by atoms with Gasteiger partial charge in [0.2, 0.25) is 0 Å². The monoisotopic (exact) mass is 293 g/mol. The first-order valence-corrected chi connectivity index (χ1v) is 5.68. The minimum Gasteiger partial charge on any atom is -0.307 e. The van der Waals surface area contributed by atoms with Crippen molar-refractivity contribution >= 4 is 22.9 Å². The van der Waals surface area contributed by atoms with Crippen molar-refractivity contribution in [3.8, 4) is 0 Å². The van der Waals surface area contributed by atoms with Gasteiger partial charge >= 0.3 is 12.1 Å². The van der Waals surface area contributed by atoms with E-state index in [1.165, 1.54) is 6.07 Å². The van der Waals surface area contributed by atoms with Crippen LogP contribution in [0.5, 0.6) is 0 Å². The molecule has 0 aliphatic heterocycles. The molecule has 0 aliphatic rings. The Morgan fingerprint density at radius 1 is 1.29 bits per heavy atom. The van der Waals surface area contributed by atoms with Crippen molar-refractivity contribution in [3.05, 3.63) is 20.8 Å². The normalized spacial score (nSPS) is 15.1. The molecule has 1 unspecified atom stereocenters. The molecular formula is C9H9ClF5NS. The van der Waals surface area contributed by atoms with Gasteiger partial charge in [-0.2, -0.15) is 22.0 Å². The number of halogens is 6. The third kappa shape index (κ3) is 2.71. The van der Waals surface area contributed by atoms with Crippen molar-refractivity contribution in [2.45, 2.75) is 25.1 Å². The van der Waals surface area contributed by atoms with Crippen LogP contribution in [0.3, 0.4) is 0 Å². The molecule has 98 valence electrons. The predicted octanol–water partition coefficient (Wildman–Crippen LogP) is 4.17. The third-order valence-corrected chi connectivity index (χ3v) is 3.81. The zero-order valence-electron chi connectivity index (χ0n) is 8.83. The van der Waals surface area contributed by atoms with Gasteiger partial charge in [-0.25, -0.2) is 0 Å². The number of aryl methyl sites for hydroxylation is 1. The highest BCUT2D eigenvalue weighted by Crippen LogP contribution is 2.46. The molecule has 1 rings (SSSR count). The first kappa shape index (κ1) is 14.7. The molecule has 0 aromatic carbocycles. The van der Waals surface area contributed by atoms with Crippen molar-refractivity contribution in [1.82, 2.24) is 5.32 Å². The van der Waals surface area contributed by atoms with Gasteiger partial charge in [0.25, 0.3) is 0 Å². The first-order chi connectivity index (χ1) is 7.61. The zero-order chi connectivity index (χ0) is 13.4. The molecule has 0 bridgehead atoms. The fraction of sp³-hybridized carbons (Fsp3) is 0.556. The van der Waals surface area contributed by atoms with Crippen LogP contribution >= 0.6 is 22.9 Å². The summed E-state index contributed by atoms with van der Waals surface area (Å²) in [4.78, 5) is -0.141. The Morgan fingerprint density at radius 2 is 1.82 bits per heavy atom. The van der Waals surface area contributed by atoms with E-state index in [0.717, 1.165) is 7.05 Å². The molecule has 0 fully saturated rings. The smallest absolute Gasteiger partial charge is 0.307 e. The number of hydrogen-bond acceptors (Lipinski definition) is 2. The van der Waals surface area contributed by atoms with Gasteiger partial charge in [0.15, 0.2) is 0 Å². The van der Waals surface area contributed by atoms with E-state index in [9.17, 15) is 22.0 Å². The third-order valence-electron chi connectivity index (χ3n) is 2.19. The summed E-state index contributed by atoms with van der Waals surface area (Å²) in [5, 5.41) is 1.99. The van der Waals surface area contributed by atoms with Crippen LogP contribution < -0.4 is 5.32 Å². The van der Waals surface area contributed by atoms with Crippen molar-refractivity contribution in [2.24, 2.45) is 0 Å². The Hall–Kier alpha value is -0.400. The van der Waals surface area contributed by atoms with Gasteiger partial charge in [-0.1, -0.05) is 11.6 Å². The minimum absolute atomic E-state index is 0.141. The molecule has 1 atom stereocenters. The van der Waals surface area contributed by atoms with Crippen LogP contribution in [0.1, 0.15) is 16.5 Å². The predicted molar refractivity (Wildman–Crippen MR) is 56.9 cm³/mol.